The number of ether oxygens (including phenoxy) is 1. The minimum absolute atomic E-state index is 0.765. The molecule has 2 heteroatoms. The molecular formula is C31H21NO. The van der Waals surface area contributed by atoms with Crippen molar-refractivity contribution < 1.29 is 4.74 Å². The highest BCUT2D eigenvalue weighted by molar-refractivity contribution is 6.01. The largest absolute Gasteiger partial charge is 0.454 e. The van der Waals surface area contributed by atoms with E-state index in [-0.39, 0.29) is 0 Å². The van der Waals surface area contributed by atoms with Gasteiger partial charge in [0.1, 0.15) is 11.4 Å². The first-order chi connectivity index (χ1) is 16.4. The Morgan fingerprint density at radius 3 is 1.94 bits per heavy atom. The first-order valence-electron chi connectivity index (χ1n) is 11.1. The van der Waals surface area contributed by atoms with Crippen LogP contribution in [0.3, 0.4) is 0 Å². The van der Waals surface area contributed by atoms with Gasteiger partial charge in [0.05, 0.1) is 5.52 Å². The van der Waals surface area contributed by atoms with E-state index in [0.717, 1.165) is 50.2 Å². The van der Waals surface area contributed by atoms with Crippen molar-refractivity contribution in [2.24, 2.45) is 0 Å². The van der Waals surface area contributed by atoms with Crippen LogP contribution in [0, 0.1) is 0 Å². The summed E-state index contributed by atoms with van der Waals surface area (Å²) in [6, 6.07) is 43.5. The number of benzene rings is 5. The van der Waals surface area contributed by atoms with Crippen LogP contribution < -0.4 is 4.74 Å². The zero-order valence-corrected chi connectivity index (χ0v) is 18.0. The summed E-state index contributed by atoms with van der Waals surface area (Å²) in [4.78, 5) is 5.07. The maximum Gasteiger partial charge on any atom is 0.162 e. The number of rotatable bonds is 4. The van der Waals surface area contributed by atoms with Gasteiger partial charge in [-0.3, -0.25) is 0 Å². The number of hydrogen-bond donors (Lipinski definition) is 0. The van der Waals surface area contributed by atoms with Crippen LogP contribution in [0.15, 0.2) is 127 Å². The highest BCUT2D eigenvalue weighted by atomic mass is 16.5. The lowest BCUT2D eigenvalue weighted by Crippen LogP contribution is -1.97. The van der Waals surface area contributed by atoms with Gasteiger partial charge in [-0.25, -0.2) is 4.98 Å². The Kier molecular flexibility index (Phi) is 4.82. The summed E-state index contributed by atoms with van der Waals surface area (Å²) in [5.41, 5.74) is 4.95. The third kappa shape index (κ3) is 3.62. The van der Waals surface area contributed by atoms with Crippen molar-refractivity contribution in [3.05, 3.63) is 127 Å². The lowest BCUT2D eigenvalue weighted by Gasteiger charge is -2.18. The summed E-state index contributed by atoms with van der Waals surface area (Å²) in [5.74, 6) is 1.56. The fourth-order valence-electron chi connectivity index (χ4n) is 4.33. The molecule has 2 nitrogen and oxygen atoms in total. The topological polar surface area (TPSA) is 22.1 Å². The SMILES string of the molecule is c1ccc(-c2nc3ccccc3c(-c3ccccc3)c2Oc2ccc3ccccc3c2)cc1. The van der Waals surface area contributed by atoms with Crippen molar-refractivity contribution in [2.45, 2.75) is 0 Å². The first kappa shape index (κ1) is 19.3. The van der Waals surface area contributed by atoms with E-state index < -0.39 is 0 Å². The molecule has 0 fully saturated rings. The number of aromatic nitrogens is 1. The van der Waals surface area contributed by atoms with E-state index in [1.807, 2.05) is 36.4 Å². The number of pyridine rings is 1. The van der Waals surface area contributed by atoms with Gasteiger partial charge < -0.3 is 4.74 Å². The molecule has 0 aliphatic rings. The van der Waals surface area contributed by atoms with E-state index in [1.165, 1.54) is 5.39 Å². The highest BCUT2D eigenvalue weighted by Gasteiger charge is 2.20. The summed E-state index contributed by atoms with van der Waals surface area (Å²) in [6.45, 7) is 0. The molecule has 33 heavy (non-hydrogen) atoms. The zero-order valence-electron chi connectivity index (χ0n) is 18.0. The van der Waals surface area contributed by atoms with Crippen molar-refractivity contribution in [3.63, 3.8) is 0 Å². The fourth-order valence-corrected chi connectivity index (χ4v) is 4.33. The molecule has 0 radical (unpaired) electrons. The van der Waals surface area contributed by atoms with E-state index in [1.54, 1.807) is 0 Å². The quantitative estimate of drug-likeness (QED) is 0.283. The van der Waals surface area contributed by atoms with Gasteiger partial charge in [0.25, 0.3) is 0 Å². The molecule has 0 saturated carbocycles. The minimum Gasteiger partial charge on any atom is -0.454 e. The third-order valence-electron chi connectivity index (χ3n) is 5.90. The molecule has 1 aromatic heterocycles. The lowest BCUT2D eigenvalue weighted by atomic mass is 9.96. The lowest BCUT2D eigenvalue weighted by molar-refractivity contribution is 0.486. The molecule has 0 saturated heterocycles. The summed E-state index contributed by atoms with van der Waals surface area (Å²) in [5, 5.41) is 3.40. The number of para-hydroxylation sites is 1. The molecular weight excluding hydrogens is 402 g/mol. The Bertz CT molecular complexity index is 1570. The Morgan fingerprint density at radius 1 is 0.515 bits per heavy atom. The van der Waals surface area contributed by atoms with Gasteiger partial charge in [-0.05, 0) is 34.5 Å². The van der Waals surface area contributed by atoms with Crippen molar-refractivity contribution in [1.29, 1.82) is 0 Å². The first-order valence-corrected chi connectivity index (χ1v) is 11.1. The van der Waals surface area contributed by atoms with Crippen LogP contribution in [0.5, 0.6) is 11.5 Å². The Labute approximate surface area is 192 Å². The van der Waals surface area contributed by atoms with Gasteiger partial charge in [0.2, 0.25) is 0 Å². The summed E-state index contributed by atoms with van der Waals surface area (Å²) in [7, 11) is 0. The van der Waals surface area contributed by atoms with Crippen molar-refractivity contribution in [1.82, 2.24) is 4.98 Å². The van der Waals surface area contributed by atoms with Crippen molar-refractivity contribution in [3.8, 4) is 33.9 Å². The Balaban J connectivity index is 1.65. The number of fused-ring (bicyclic) bond motifs is 2. The number of nitrogens with zero attached hydrogens (tertiary/aromatic N) is 1. The predicted octanol–water partition coefficient (Wildman–Crippen LogP) is 8.51. The predicted molar refractivity (Wildman–Crippen MR) is 137 cm³/mol. The van der Waals surface area contributed by atoms with E-state index in [4.69, 9.17) is 9.72 Å². The molecule has 5 aromatic carbocycles. The molecule has 0 spiro atoms. The molecule has 6 rings (SSSR count). The Morgan fingerprint density at radius 2 is 1.15 bits per heavy atom. The van der Waals surface area contributed by atoms with Crippen molar-refractivity contribution >= 4 is 21.7 Å². The van der Waals surface area contributed by atoms with E-state index in [0.29, 0.717) is 0 Å². The second-order valence-corrected chi connectivity index (χ2v) is 8.02. The second-order valence-electron chi connectivity index (χ2n) is 8.02. The zero-order chi connectivity index (χ0) is 22.0. The minimum atomic E-state index is 0.765. The van der Waals surface area contributed by atoms with Crippen LogP contribution in [0.2, 0.25) is 0 Å². The standard InChI is InChI=1S/C31H21NO/c1-3-12-23(13-4-1)29-27-17-9-10-18-28(27)32-30(24-14-5-2-6-15-24)31(29)33-26-20-19-22-11-7-8-16-25(22)21-26/h1-21H. The Hall–Kier alpha value is -4.43. The maximum absolute atomic E-state index is 6.70. The van der Waals surface area contributed by atoms with Crippen LogP contribution in [0.25, 0.3) is 44.1 Å². The van der Waals surface area contributed by atoms with Crippen molar-refractivity contribution in [2.75, 3.05) is 0 Å². The summed E-state index contributed by atoms with van der Waals surface area (Å²) < 4.78 is 6.70. The molecule has 0 N–H and O–H groups in total. The van der Waals surface area contributed by atoms with Gasteiger partial charge in [-0.2, -0.15) is 0 Å². The van der Waals surface area contributed by atoms with Gasteiger partial charge >= 0.3 is 0 Å². The molecule has 0 aliphatic carbocycles. The third-order valence-corrected chi connectivity index (χ3v) is 5.90. The van der Waals surface area contributed by atoms with Gasteiger partial charge in [-0.1, -0.05) is 109 Å². The smallest absolute Gasteiger partial charge is 0.162 e. The maximum atomic E-state index is 6.70. The molecule has 156 valence electrons. The van der Waals surface area contributed by atoms with Gasteiger partial charge in [0, 0.05) is 16.5 Å². The van der Waals surface area contributed by atoms with E-state index >= 15 is 0 Å². The monoisotopic (exact) mass is 423 g/mol. The van der Waals surface area contributed by atoms with E-state index in [2.05, 4.69) is 91.0 Å². The highest BCUT2D eigenvalue weighted by Crippen LogP contribution is 2.44. The van der Waals surface area contributed by atoms with Crippen LogP contribution >= 0.6 is 0 Å². The number of hydrogen-bond acceptors (Lipinski definition) is 2. The summed E-state index contributed by atoms with van der Waals surface area (Å²) in [6.07, 6.45) is 0. The van der Waals surface area contributed by atoms with Crippen LogP contribution in [0.4, 0.5) is 0 Å². The molecule has 0 atom stereocenters. The molecule has 0 unspecified atom stereocenters. The van der Waals surface area contributed by atoms with Gasteiger partial charge in [0.15, 0.2) is 5.75 Å². The average Bonchev–Trinajstić information content (AvgIpc) is 2.89. The molecule has 0 amide bonds. The average molecular weight is 424 g/mol. The molecule has 0 aliphatic heterocycles. The molecule has 6 aromatic rings. The summed E-state index contributed by atoms with van der Waals surface area (Å²) >= 11 is 0. The fraction of sp³-hybridized carbons (Fsp3) is 0. The van der Waals surface area contributed by atoms with Crippen LogP contribution in [-0.4, -0.2) is 4.98 Å². The normalized spacial score (nSPS) is 11.0. The van der Waals surface area contributed by atoms with Crippen LogP contribution in [0.1, 0.15) is 0 Å². The second kappa shape index (κ2) is 8.25. The van der Waals surface area contributed by atoms with E-state index in [9.17, 15) is 0 Å². The van der Waals surface area contributed by atoms with Gasteiger partial charge in [-0.15, -0.1) is 0 Å². The molecule has 0 bridgehead atoms. The van der Waals surface area contributed by atoms with Crippen LogP contribution in [-0.2, 0) is 0 Å². The molecule has 1 heterocycles.